The maximum atomic E-state index is 13.8. The molecule has 12 heteroatoms. The van der Waals surface area contributed by atoms with Gasteiger partial charge in [0.15, 0.2) is 5.03 Å². The highest BCUT2D eigenvalue weighted by molar-refractivity contribution is 7.82. The van der Waals surface area contributed by atoms with Crippen LogP contribution in [0.15, 0.2) is 53.8 Å². The normalized spacial score (nSPS) is 27.2. The van der Waals surface area contributed by atoms with E-state index in [1.54, 1.807) is 25.4 Å². The van der Waals surface area contributed by atoms with Gasteiger partial charge < -0.3 is 4.90 Å². The second kappa shape index (κ2) is 9.22. The van der Waals surface area contributed by atoms with Crippen molar-refractivity contribution >= 4 is 21.9 Å². The van der Waals surface area contributed by atoms with Crippen LogP contribution >= 0.6 is 0 Å². The second-order valence-electron chi connectivity index (χ2n) is 11.4. The number of fused-ring (bicyclic) bond motifs is 2. The Morgan fingerprint density at radius 2 is 1.82 bits per heavy atom. The lowest BCUT2D eigenvalue weighted by Crippen LogP contribution is -2.42. The van der Waals surface area contributed by atoms with Gasteiger partial charge in [0.1, 0.15) is 16.8 Å². The van der Waals surface area contributed by atoms with Crippen LogP contribution in [0.4, 0.5) is 13.2 Å². The van der Waals surface area contributed by atoms with Crippen molar-refractivity contribution in [2.45, 2.75) is 36.1 Å². The van der Waals surface area contributed by atoms with Gasteiger partial charge in [0.05, 0.1) is 23.6 Å². The summed E-state index contributed by atoms with van der Waals surface area (Å²) in [7, 11) is 0.264. The number of piperidine rings is 2. The summed E-state index contributed by atoms with van der Waals surface area (Å²) < 4.78 is 58.4. The lowest BCUT2D eigenvalue weighted by Gasteiger charge is -2.33. The lowest BCUT2D eigenvalue weighted by molar-refractivity contribution is -0.0563. The number of hydrogen-bond donors (Lipinski definition) is 0. The molecule has 1 saturated carbocycles. The molecular weight excluding hydrogens is 539 g/mol. The van der Waals surface area contributed by atoms with E-state index in [4.69, 9.17) is 0 Å². The quantitative estimate of drug-likeness (QED) is 0.353. The Morgan fingerprint density at radius 1 is 1.07 bits per heavy atom. The largest absolute Gasteiger partial charge is 0.303 e. The molecular formula is C28H30F3N7OS. The van der Waals surface area contributed by atoms with Crippen LogP contribution < -0.4 is 0 Å². The molecule has 0 bridgehead atoms. The van der Waals surface area contributed by atoms with Gasteiger partial charge in [0.25, 0.3) is 5.92 Å². The van der Waals surface area contributed by atoms with E-state index >= 15 is 0 Å². The SMILES string of the molecule is Cc1cc2c(cnn2-c2ccc(F)cc2)cc1C12CN(S(=O)c3cnn(C)n3)CC1C2CN1CCC(F)(F)CC1. The number of hydrogen-bond acceptors (Lipinski definition) is 5. The van der Waals surface area contributed by atoms with Crippen molar-refractivity contribution in [3.05, 3.63) is 65.7 Å². The lowest BCUT2D eigenvalue weighted by atomic mass is 9.88. The van der Waals surface area contributed by atoms with Crippen LogP contribution in [-0.2, 0) is 23.4 Å². The number of nitrogens with zero attached hydrogens (tertiary/aromatic N) is 7. The molecule has 1 aliphatic carbocycles. The minimum Gasteiger partial charge on any atom is -0.303 e. The summed E-state index contributed by atoms with van der Waals surface area (Å²) in [5.74, 6) is -2.35. The molecule has 3 aliphatic rings. The van der Waals surface area contributed by atoms with E-state index in [1.807, 2.05) is 15.2 Å². The van der Waals surface area contributed by atoms with Crippen LogP contribution in [0, 0.1) is 24.6 Å². The predicted octanol–water partition coefficient (Wildman–Crippen LogP) is 3.85. The van der Waals surface area contributed by atoms with Gasteiger partial charge in [0, 0.05) is 63.4 Å². The molecule has 210 valence electrons. The number of likely N-dealkylation sites (tertiary alicyclic amines) is 1. The second-order valence-corrected chi connectivity index (χ2v) is 12.8. The van der Waals surface area contributed by atoms with Gasteiger partial charge in [-0.05, 0) is 66.3 Å². The zero-order chi connectivity index (χ0) is 27.8. The maximum absolute atomic E-state index is 13.8. The zero-order valence-electron chi connectivity index (χ0n) is 22.3. The molecule has 2 aliphatic heterocycles. The van der Waals surface area contributed by atoms with E-state index in [-0.39, 0.29) is 35.9 Å². The summed E-state index contributed by atoms with van der Waals surface area (Å²) >= 11 is 0. The van der Waals surface area contributed by atoms with E-state index in [9.17, 15) is 17.4 Å². The highest BCUT2D eigenvalue weighted by Gasteiger charge is 2.70. The van der Waals surface area contributed by atoms with Gasteiger partial charge >= 0.3 is 0 Å². The monoisotopic (exact) mass is 569 g/mol. The summed E-state index contributed by atoms with van der Waals surface area (Å²) in [6, 6.07) is 10.5. The predicted molar refractivity (Wildman–Crippen MR) is 144 cm³/mol. The van der Waals surface area contributed by atoms with Crippen LogP contribution in [0.2, 0.25) is 0 Å². The molecule has 2 saturated heterocycles. The van der Waals surface area contributed by atoms with E-state index < -0.39 is 16.9 Å². The van der Waals surface area contributed by atoms with E-state index in [0.717, 1.165) is 28.7 Å². The number of alkyl halides is 2. The fourth-order valence-electron chi connectivity index (χ4n) is 6.95. The van der Waals surface area contributed by atoms with Crippen molar-refractivity contribution in [1.29, 1.82) is 0 Å². The Labute approximate surface area is 232 Å². The average molecular weight is 570 g/mol. The van der Waals surface area contributed by atoms with Gasteiger partial charge in [-0.3, -0.25) is 0 Å². The number of rotatable bonds is 6. The first-order valence-electron chi connectivity index (χ1n) is 13.5. The highest BCUT2D eigenvalue weighted by atomic mass is 32.2. The van der Waals surface area contributed by atoms with Crippen molar-refractivity contribution in [3.8, 4) is 5.69 Å². The van der Waals surface area contributed by atoms with E-state index in [1.165, 1.54) is 22.5 Å². The van der Waals surface area contributed by atoms with E-state index in [2.05, 4.69) is 39.3 Å². The molecule has 3 fully saturated rings. The molecule has 4 atom stereocenters. The zero-order valence-corrected chi connectivity index (χ0v) is 23.1. The summed E-state index contributed by atoms with van der Waals surface area (Å²) in [5.41, 5.74) is 3.75. The molecule has 40 heavy (non-hydrogen) atoms. The molecule has 0 N–H and O–H groups in total. The van der Waals surface area contributed by atoms with Crippen LogP contribution in [-0.4, -0.2) is 76.8 Å². The van der Waals surface area contributed by atoms with Crippen molar-refractivity contribution in [2.75, 3.05) is 32.7 Å². The molecule has 8 nitrogen and oxygen atoms in total. The van der Waals surface area contributed by atoms with E-state index in [0.29, 0.717) is 31.2 Å². The first kappa shape index (κ1) is 25.8. The average Bonchev–Trinajstić information content (AvgIpc) is 3.39. The highest BCUT2D eigenvalue weighted by Crippen LogP contribution is 2.65. The van der Waals surface area contributed by atoms with Gasteiger partial charge in [0.2, 0.25) is 0 Å². The Kier molecular flexibility index (Phi) is 5.96. The van der Waals surface area contributed by atoms with Gasteiger partial charge in [-0.15, -0.1) is 5.10 Å². The van der Waals surface area contributed by atoms with Crippen LogP contribution in [0.5, 0.6) is 0 Å². The first-order valence-corrected chi connectivity index (χ1v) is 14.6. The van der Waals surface area contributed by atoms with Crippen LogP contribution in [0.25, 0.3) is 16.6 Å². The molecule has 4 heterocycles. The molecule has 0 amide bonds. The summed E-state index contributed by atoms with van der Waals surface area (Å²) in [6.45, 7) is 4.85. The molecule has 0 radical (unpaired) electrons. The number of aryl methyl sites for hydroxylation is 2. The third-order valence-electron chi connectivity index (χ3n) is 9.06. The molecule has 0 spiro atoms. The summed E-state index contributed by atoms with van der Waals surface area (Å²) in [5, 5.41) is 14.3. The third kappa shape index (κ3) is 4.19. The maximum Gasteiger partial charge on any atom is 0.250 e. The Morgan fingerprint density at radius 3 is 2.52 bits per heavy atom. The van der Waals surface area contributed by atoms with Crippen LogP contribution in [0.1, 0.15) is 24.0 Å². The Balaban J connectivity index is 1.23. The molecule has 2 aromatic carbocycles. The Hall–Kier alpha value is -3.09. The third-order valence-corrected chi connectivity index (χ3v) is 10.4. The first-order chi connectivity index (χ1) is 19.1. The smallest absolute Gasteiger partial charge is 0.250 e. The van der Waals surface area contributed by atoms with Gasteiger partial charge in [-0.2, -0.15) is 15.0 Å². The van der Waals surface area contributed by atoms with Crippen molar-refractivity contribution < 1.29 is 17.4 Å². The summed E-state index contributed by atoms with van der Waals surface area (Å²) in [6.07, 6.45) is 3.16. The fourth-order valence-corrected chi connectivity index (χ4v) is 8.17. The van der Waals surface area contributed by atoms with Crippen molar-refractivity contribution in [1.82, 2.24) is 34.0 Å². The minimum atomic E-state index is -2.58. The number of benzene rings is 2. The van der Waals surface area contributed by atoms with Gasteiger partial charge in [-0.25, -0.2) is 26.4 Å². The number of aromatic nitrogens is 5. The van der Waals surface area contributed by atoms with Crippen LogP contribution in [0.3, 0.4) is 0 Å². The fraction of sp³-hybridized carbons (Fsp3) is 0.464. The van der Waals surface area contributed by atoms with Gasteiger partial charge in [-0.1, -0.05) is 0 Å². The molecule has 4 aromatic rings. The molecule has 2 aromatic heterocycles. The Bertz CT molecular complexity index is 1610. The van der Waals surface area contributed by atoms with Crippen molar-refractivity contribution in [2.24, 2.45) is 18.9 Å². The topological polar surface area (TPSA) is 72.1 Å². The minimum absolute atomic E-state index is 0.103. The van der Waals surface area contributed by atoms with Crippen molar-refractivity contribution in [3.63, 3.8) is 0 Å². The molecule has 7 rings (SSSR count). The molecule has 4 unspecified atom stereocenters. The standard InChI is InChI=1S/C28H30F3N7OS/c1-18-11-25-19(13-33-38(25)21-5-3-20(29)4-6-21)12-22(18)28-17-37(40(39)26-14-32-35(2)34-26)16-24(28)23(28)15-36-9-7-27(30,31)8-10-36/h3-6,11-14,23-24H,7-10,15-17H2,1-2H3. The number of halogens is 3. The summed E-state index contributed by atoms with van der Waals surface area (Å²) in [4.78, 5) is 3.58.